The van der Waals surface area contributed by atoms with Crippen molar-refractivity contribution >= 4 is 17.6 Å². The number of ketones is 2. The molecule has 0 bridgehead atoms. The lowest BCUT2D eigenvalue weighted by atomic mass is 9.80. The number of carbonyl (C=O) groups excluding carboxylic acids is 2. The molecule has 260 valence electrons. The number of allylic oxidation sites excluding steroid dienone is 1. The molecule has 7 atom stereocenters. The zero-order valence-electron chi connectivity index (χ0n) is 25.9. The van der Waals surface area contributed by atoms with E-state index >= 15 is 0 Å². The summed E-state index contributed by atoms with van der Waals surface area (Å²) in [6.07, 6.45) is -6.57. The Balaban J connectivity index is 1.36. The highest BCUT2D eigenvalue weighted by Gasteiger charge is 2.46. The summed E-state index contributed by atoms with van der Waals surface area (Å²) in [5.74, 6) is -4.48. The Kier molecular flexibility index (Phi) is 9.38. The van der Waals surface area contributed by atoms with E-state index in [-0.39, 0.29) is 45.4 Å². The zero-order chi connectivity index (χ0) is 35.9. The summed E-state index contributed by atoms with van der Waals surface area (Å²) in [7, 11) is 0. The maximum absolute atomic E-state index is 14.3. The Morgan fingerprint density at radius 2 is 1.50 bits per heavy atom. The minimum absolute atomic E-state index is 0.0664. The number of carbonyl (C=O) groups is 2. The molecule has 14 nitrogen and oxygen atoms in total. The van der Waals surface area contributed by atoms with E-state index in [1.54, 1.807) is 0 Å². The molecule has 0 aromatic heterocycles. The van der Waals surface area contributed by atoms with Crippen LogP contribution in [0, 0.1) is 0 Å². The fourth-order valence-corrected chi connectivity index (χ4v) is 5.93. The van der Waals surface area contributed by atoms with E-state index in [2.05, 4.69) is 0 Å². The lowest BCUT2D eigenvalue weighted by Gasteiger charge is -2.39. The van der Waals surface area contributed by atoms with Crippen molar-refractivity contribution in [2.24, 2.45) is 0 Å². The summed E-state index contributed by atoms with van der Waals surface area (Å²) < 4.78 is 17.3. The van der Waals surface area contributed by atoms with Crippen molar-refractivity contribution in [1.29, 1.82) is 0 Å². The standard InChI is InChI=1S/C36H32O14/c37-15-28-31(44)33(46)34(47)36(50-28)48-20-13-26(43)30-27(14-20)49-35(17-3-5-18(38)6-4-17)29(32(30)45)22-11-16(2-10-24(22)41)1-9-23(40)21-8-7-19(39)12-25(21)42/h1-14,28-29,31,33-39,41-44,46-47H,15H2. The van der Waals surface area contributed by atoms with Crippen molar-refractivity contribution < 1.29 is 69.8 Å². The molecule has 2 heterocycles. The van der Waals surface area contributed by atoms with Gasteiger partial charge in [-0.15, -0.1) is 0 Å². The molecule has 50 heavy (non-hydrogen) atoms. The number of aromatic hydroxyl groups is 5. The minimum atomic E-state index is -1.76. The number of phenolic OH excluding ortho intramolecular Hbond substituents is 5. The van der Waals surface area contributed by atoms with Gasteiger partial charge in [0.25, 0.3) is 0 Å². The largest absolute Gasteiger partial charge is 0.508 e. The molecule has 1 saturated heterocycles. The first-order chi connectivity index (χ1) is 23.9. The first-order valence-corrected chi connectivity index (χ1v) is 15.3. The van der Waals surface area contributed by atoms with Gasteiger partial charge in [0.1, 0.15) is 76.3 Å². The summed E-state index contributed by atoms with van der Waals surface area (Å²) in [6, 6.07) is 15.8. The lowest BCUT2D eigenvalue weighted by molar-refractivity contribution is -0.277. The zero-order valence-corrected chi connectivity index (χ0v) is 25.9. The predicted molar refractivity (Wildman–Crippen MR) is 172 cm³/mol. The average Bonchev–Trinajstić information content (AvgIpc) is 3.08. The number of fused-ring (bicyclic) bond motifs is 1. The molecule has 9 N–H and O–H groups in total. The van der Waals surface area contributed by atoms with Crippen molar-refractivity contribution in [3.63, 3.8) is 0 Å². The number of phenols is 5. The van der Waals surface area contributed by atoms with Gasteiger partial charge in [-0.2, -0.15) is 0 Å². The number of hydrogen-bond donors (Lipinski definition) is 9. The number of rotatable bonds is 8. The van der Waals surface area contributed by atoms with Gasteiger partial charge in [-0.1, -0.05) is 24.3 Å². The minimum Gasteiger partial charge on any atom is -0.508 e. The third kappa shape index (κ3) is 6.53. The van der Waals surface area contributed by atoms with Crippen LogP contribution >= 0.6 is 0 Å². The summed E-state index contributed by atoms with van der Waals surface area (Å²) in [4.78, 5) is 27.0. The van der Waals surface area contributed by atoms with Crippen LogP contribution in [0.3, 0.4) is 0 Å². The quantitative estimate of drug-likeness (QED) is 0.0954. The van der Waals surface area contributed by atoms with Crippen LogP contribution in [-0.4, -0.2) is 94.8 Å². The highest BCUT2D eigenvalue weighted by molar-refractivity contribution is 6.09. The second-order valence-electron chi connectivity index (χ2n) is 11.8. The number of ether oxygens (including phenoxy) is 3. The molecule has 0 aliphatic carbocycles. The highest BCUT2D eigenvalue weighted by atomic mass is 16.7. The Hall–Kier alpha value is -5.64. The third-order valence-corrected chi connectivity index (χ3v) is 8.52. The second kappa shape index (κ2) is 13.7. The predicted octanol–water partition coefficient (Wildman–Crippen LogP) is 2.39. The summed E-state index contributed by atoms with van der Waals surface area (Å²) in [5, 5.41) is 91.8. The number of benzene rings is 4. The fourth-order valence-electron chi connectivity index (χ4n) is 5.93. The van der Waals surface area contributed by atoms with Crippen molar-refractivity contribution in [2.75, 3.05) is 6.61 Å². The lowest BCUT2D eigenvalue weighted by Crippen LogP contribution is -2.60. The molecule has 6 rings (SSSR count). The SMILES string of the molecule is O=C(C=Cc1ccc(O)c(C2C(=O)c3c(O)cc(OC4OC(CO)C(O)C(O)C4O)cc3OC2c2ccc(O)cc2)c1)c1ccc(O)cc1O. The van der Waals surface area contributed by atoms with Gasteiger partial charge in [0.05, 0.1) is 18.1 Å². The van der Waals surface area contributed by atoms with Gasteiger partial charge >= 0.3 is 0 Å². The average molecular weight is 689 g/mol. The third-order valence-electron chi connectivity index (χ3n) is 8.52. The van der Waals surface area contributed by atoms with Crippen LogP contribution in [0.5, 0.6) is 40.2 Å². The molecule has 0 saturated carbocycles. The van der Waals surface area contributed by atoms with Gasteiger partial charge in [-0.25, -0.2) is 0 Å². The summed E-state index contributed by atoms with van der Waals surface area (Å²) in [6.45, 7) is -0.699. The van der Waals surface area contributed by atoms with Crippen LogP contribution in [-0.2, 0) is 4.74 Å². The maximum atomic E-state index is 14.3. The van der Waals surface area contributed by atoms with E-state index in [0.717, 1.165) is 18.2 Å². The Morgan fingerprint density at radius 1 is 0.780 bits per heavy atom. The first-order valence-electron chi connectivity index (χ1n) is 15.3. The molecule has 2 aliphatic heterocycles. The van der Waals surface area contributed by atoms with Crippen LogP contribution in [0.1, 0.15) is 49.4 Å². The maximum Gasteiger partial charge on any atom is 0.229 e. The van der Waals surface area contributed by atoms with Gasteiger partial charge in [-0.3, -0.25) is 9.59 Å². The number of aliphatic hydroxyl groups excluding tert-OH is 4. The molecule has 4 aromatic rings. The summed E-state index contributed by atoms with van der Waals surface area (Å²) >= 11 is 0. The molecular weight excluding hydrogens is 656 g/mol. The van der Waals surface area contributed by atoms with Gasteiger partial charge in [0, 0.05) is 23.8 Å². The number of Topliss-reactive ketones (excluding diaryl/α,β-unsaturated/α-hetero) is 1. The molecular formula is C36H32O14. The molecule has 0 amide bonds. The topological polar surface area (TPSA) is 244 Å². The van der Waals surface area contributed by atoms with Gasteiger partial charge in [-0.05, 0) is 53.6 Å². The van der Waals surface area contributed by atoms with E-state index in [1.807, 2.05) is 0 Å². The first kappa shape index (κ1) is 34.2. The van der Waals surface area contributed by atoms with E-state index in [1.165, 1.54) is 66.7 Å². The molecule has 1 fully saturated rings. The molecule has 4 aromatic carbocycles. The molecule has 0 spiro atoms. The molecule has 14 heteroatoms. The van der Waals surface area contributed by atoms with Crippen LogP contribution in [0.15, 0.2) is 78.9 Å². The van der Waals surface area contributed by atoms with Crippen molar-refractivity contribution in [1.82, 2.24) is 0 Å². The van der Waals surface area contributed by atoms with Gasteiger partial charge in [0.2, 0.25) is 6.29 Å². The Bertz CT molecular complexity index is 1950. The van der Waals surface area contributed by atoms with Crippen LogP contribution in [0.2, 0.25) is 0 Å². The van der Waals surface area contributed by atoms with Gasteiger partial charge < -0.3 is 60.2 Å². The Labute approximate surface area is 283 Å². The number of hydrogen-bond acceptors (Lipinski definition) is 14. The van der Waals surface area contributed by atoms with Crippen LogP contribution < -0.4 is 9.47 Å². The van der Waals surface area contributed by atoms with Gasteiger partial charge in [0.15, 0.2) is 11.6 Å². The fraction of sp³-hybridized carbons (Fsp3) is 0.222. The van der Waals surface area contributed by atoms with E-state index in [4.69, 9.17) is 14.2 Å². The monoisotopic (exact) mass is 688 g/mol. The van der Waals surface area contributed by atoms with Crippen LogP contribution in [0.25, 0.3) is 6.08 Å². The van der Waals surface area contributed by atoms with Crippen molar-refractivity contribution in [2.45, 2.75) is 42.7 Å². The summed E-state index contributed by atoms with van der Waals surface area (Å²) in [5.41, 5.74) is 0.500. The molecule has 2 aliphatic rings. The van der Waals surface area contributed by atoms with Crippen molar-refractivity contribution in [3.05, 3.63) is 107 Å². The smallest absolute Gasteiger partial charge is 0.229 e. The van der Waals surface area contributed by atoms with E-state index in [0.29, 0.717) is 11.1 Å². The van der Waals surface area contributed by atoms with Crippen molar-refractivity contribution in [3.8, 4) is 40.2 Å². The number of aliphatic hydroxyl groups is 4. The molecule has 0 radical (unpaired) electrons. The van der Waals surface area contributed by atoms with E-state index in [9.17, 15) is 55.5 Å². The van der Waals surface area contributed by atoms with Crippen LogP contribution in [0.4, 0.5) is 0 Å². The second-order valence-corrected chi connectivity index (χ2v) is 11.8. The normalized spacial score (nSPS) is 24.8. The highest BCUT2D eigenvalue weighted by Crippen LogP contribution is 2.50. The Morgan fingerprint density at radius 3 is 2.20 bits per heavy atom. The van der Waals surface area contributed by atoms with E-state index < -0.39 is 72.4 Å². The molecule has 7 unspecified atom stereocenters.